The summed E-state index contributed by atoms with van der Waals surface area (Å²) >= 11 is 0. The molecule has 8 aromatic rings. The molecule has 2 heterocycles. The summed E-state index contributed by atoms with van der Waals surface area (Å²) in [5.74, 6) is 0. The minimum absolute atomic E-state index is 0.808. The van der Waals surface area contributed by atoms with Crippen LogP contribution in [0.2, 0.25) is 26.2 Å². The van der Waals surface area contributed by atoms with Crippen molar-refractivity contribution in [2.75, 3.05) is 0 Å². The number of hydrogen-bond donors (Lipinski definition) is 0. The standard InChI is InChI=1S/C44H38N4OSi2/c1-50(2,43-29-45-35(27-47-43)21-23-41-37-17-9-5-13-31(37)25-32-14-6-10-18-38(32)41)49-51(3,4)44-30-46-36(28-48-44)22-24-42-39-19-11-7-15-33(39)26-34-16-8-12-20-40(34)42/h5-30H,1-4H3. The van der Waals surface area contributed by atoms with Crippen molar-refractivity contribution in [2.45, 2.75) is 26.2 Å². The Labute approximate surface area is 300 Å². The molecule has 0 aliphatic heterocycles. The Hall–Kier alpha value is -5.61. The fourth-order valence-corrected chi connectivity index (χ4v) is 14.4. The highest BCUT2D eigenvalue weighted by molar-refractivity contribution is 6.96. The van der Waals surface area contributed by atoms with Gasteiger partial charge in [0, 0.05) is 12.4 Å². The second-order valence-corrected chi connectivity index (χ2v) is 21.8. The van der Waals surface area contributed by atoms with Gasteiger partial charge in [0.2, 0.25) is 16.6 Å². The Kier molecular flexibility index (Phi) is 8.47. The van der Waals surface area contributed by atoms with Crippen molar-refractivity contribution < 1.29 is 4.12 Å². The molecule has 6 aromatic carbocycles. The van der Waals surface area contributed by atoms with Crippen molar-refractivity contribution in [3.8, 4) is 0 Å². The molecule has 0 bridgehead atoms. The van der Waals surface area contributed by atoms with E-state index in [-0.39, 0.29) is 0 Å². The second-order valence-electron chi connectivity index (χ2n) is 13.9. The molecule has 0 saturated carbocycles. The van der Waals surface area contributed by atoms with Crippen molar-refractivity contribution in [3.63, 3.8) is 0 Å². The molecule has 0 radical (unpaired) electrons. The molecule has 2 aromatic heterocycles. The first kappa shape index (κ1) is 32.6. The largest absolute Gasteiger partial charge is 0.447 e. The fourth-order valence-electron chi connectivity index (χ4n) is 7.01. The molecule has 0 saturated heterocycles. The minimum Gasteiger partial charge on any atom is -0.447 e. The zero-order chi connectivity index (χ0) is 35.0. The number of fused-ring (bicyclic) bond motifs is 4. The van der Waals surface area contributed by atoms with Gasteiger partial charge in [0.05, 0.1) is 34.4 Å². The van der Waals surface area contributed by atoms with Gasteiger partial charge in [-0.1, -0.05) is 109 Å². The molecule has 51 heavy (non-hydrogen) atoms. The molecule has 248 valence electrons. The highest BCUT2D eigenvalue weighted by Gasteiger charge is 2.38. The molecule has 5 nitrogen and oxygen atoms in total. The molecule has 7 heteroatoms. The Balaban J connectivity index is 0.997. The average Bonchev–Trinajstić information content (AvgIpc) is 3.15. The highest BCUT2D eigenvalue weighted by Crippen LogP contribution is 2.31. The van der Waals surface area contributed by atoms with Crippen LogP contribution < -0.4 is 10.6 Å². The zero-order valence-corrected chi connectivity index (χ0v) is 31.2. The second kappa shape index (κ2) is 13.3. The predicted molar refractivity (Wildman–Crippen MR) is 220 cm³/mol. The minimum atomic E-state index is -2.42. The van der Waals surface area contributed by atoms with E-state index in [1.54, 1.807) is 0 Å². The lowest BCUT2D eigenvalue weighted by Crippen LogP contribution is -2.59. The van der Waals surface area contributed by atoms with Gasteiger partial charge in [-0.15, -0.1) is 0 Å². The third kappa shape index (κ3) is 6.55. The summed E-state index contributed by atoms with van der Waals surface area (Å²) in [4.78, 5) is 19.4. The van der Waals surface area contributed by atoms with E-state index in [9.17, 15) is 0 Å². The topological polar surface area (TPSA) is 60.8 Å². The number of aromatic nitrogens is 4. The third-order valence-electron chi connectivity index (χ3n) is 9.56. The van der Waals surface area contributed by atoms with E-state index in [2.05, 4.69) is 148 Å². The number of hydrogen-bond acceptors (Lipinski definition) is 5. The lowest BCUT2D eigenvalue weighted by atomic mass is 9.96. The van der Waals surface area contributed by atoms with Gasteiger partial charge in [-0.05, 0) is 105 Å². The van der Waals surface area contributed by atoms with Crippen molar-refractivity contribution >= 4 is 94.7 Å². The Bertz CT molecular complexity index is 2320. The number of rotatable bonds is 8. The smallest absolute Gasteiger partial charge is 0.228 e. The van der Waals surface area contributed by atoms with Crippen LogP contribution in [0, 0.1) is 0 Å². The first-order chi connectivity index (χ1) is 24.7. The average molecular weight is 695 g/mol. The summed E-state index contributed by atoms with van der Waals surface area (Å²) in [6.07, 6.45) is 15.9. The van der Waals surface area contributed by atoms with Crippen molar-refractivity contribution in [2.24, 2.45) is 0 Å². The molecule has 0 aliphatic rings. The first-order valence-corrected chi connectivity index (χ1v) is 23.1. The molecule has 0 fully saturated rings. The maximum Gasteiger partial charge on any atom is 0.228 e. The molecule has 0 spiro atoms. The van der Waals surface area contributed by atoms with Gasteiger partial charge in [-0.3, -0.25) is 19.9 Å². The van der Waals surface area contributed by atoms with Crippen LogP contribution in [0.15, 0.2) is 134 Å². The summed E-state index contributed by atoms with van der Waals surface area (Å²) < 4.78 is 6.97. The van der Waals surface area contributed by atoms with Crippen LogP contribution in [-0.2, 0) is 4.12 Å². The molecule has 8 rings (SSSR count). The normalized spacial score (nSPS) is 12.6. The van der Waals surface area contributed by atoms with Crippen LogP contribution in [0.4, 0.5) is 0 Å². The summed E-state index contributed by atoms with van der Waals surface area (Å²) in [5, 5.41) is 11.6. The van der Waals surface area contributed by atoms with Gasteiger partial charge in [0.1, 0.15) is 0 Å². The van der Waals surface area contributed by atoms with Crippen LogP contribution in [0.5, 0.6) is 0 Å². The molecule has 0 unspecified atom stereocenters. The lowest BCUT2D eigenvalue weighted by molar-refractivity contribution is 0.569. The Morgan fingerprint density at radius 2 is 0.745 bits per heavy atom. The molecular weight excluding hydrogens is 657 g/mol. The van der Waals surface area contributed by atoms with Gasteiger partial charge in [0.25, 0.3) is 0 Å². The van der Waals surface area contributed by atoms with Gasteiger partial charge in [-0.2, -0.15) is 0 Å². The molecular formula is C44H38N4OSi2. The third-order valence-corrected chi connectivity index (χ3v) is 16.6. The SMILES string of the molecule is C[Si](C)(O[Si](C)(C)c1cnc(C=Cc2c3ccccc3cc3ccccc23)cn1)c1cnc(C=Cc2c3ccccc3cc3ccccc23)cn1. The van der Waals surface area contributed by atoms with Gasteiger partial charge >= 0.3 is 0 Å². The first-order valence-electron chi connectivity index (χ1n) is 17.3. The highest BCUT2D eigenvalue weighted by atomic mass is 28.4. The van der Waals surface area contributed by atoms with Crippen LogP contribution >= 0.6 is 0 Å². The summed E-state index contributed by atoms with van der Waals surface area (Å²) in [6, 6.07) is 38.6. The monoisotopic (exact) mass is 694 g/mol. The van der Waals surface area contributed by atoms with E-state index in [0.717, 1.165) is 22.0 Å². The number of nitrogens with zero attached hydrogens (tertiary/aromatic N) is 4. The molecule has 0 amide bonds. The summed E-state index contributed by atoms with van der Waals surface area (Å²) in [6.45, 7) is 8.73. The maximum absolute atomic E-state index is 6.97. The quantitative estimate of drug-likeness (QED) is 0.117. The van der Waals surface area contributed by atoms with E-state index in [4.69, 9.17) is 24.1 Å². The maximum atomic E-state index is 6.97. The van der Waals surface area contributed by atoms with Crippen LogP contribution in [0.1, 0.15) is 22.5 Å². The van der Waals surface area contributed by atoms with Crippen LogP contribution in [0.25, 0.3) is 67.4 Å². The fraction of sp³-hybridized carbons (Fsp3) is 0.0909. The Morgan fingerprint density at radius 3 is 1.06 bits per heavy atom. The molecule has 0 N–H and O–H groups in total. The van der Waals surface area contributed by atoms with Crippen molar-refractivity contribution in [1.29, 1.82) is 0 Å². The summed E-state index contributed by atoms with van der Waals surface area (Å²) in [5.41, 5.74) is 3.99. The van der Waals surface area contributed by atoms with E-state index < -0.39 is 16.6 Å². The van der Waals surface area contributed by atoms with Gasteiger partial charge in [-0.25, -0.2) is 0 Å². The van der Waals surface area contributed by atoms with E-state index in [1.165, 1.54) is 54.2 Å². The lowest BCUT2D eigenvalue weighted by Gasteiger charge is -2.32. The van der Waals surface area contributed by atoms with Crippen LogP contribution in [0.3, 0.4) is 0 Å². The van der Waals surface area contributed by atoms with Crippen molar-refractivity contribution in [3.05, 3.63) is 156 Å². The van der Waals surface area contributed by atoms with Crippen molar-refractivity contribution in [1.82, 2.24) is 19.9 Å². The van der Waals surface area contributed by atoms with E-state index in [0.29, 0.717) is 0 Å². The molecule has 0 atom stereocenters. The van der Waals surface area contributed by atoms with Gasteiger partial charge < -0.3 is 4.12 Å². The van der Waals surface area contributed by atoms with E-state index in [1.807, 2.05) is 36.9 Å². The number of benzene rings is 6. The van der Waals surface area contributed by atoms with Crippen LogP contribution in [-0.4, -0.2) is 36.6 Å². The van der Waals surface area contributed by atoms with E-state index >= 15 is 0 Å². The molecule has 0 aliphatic carbocycles. The predicted octanol–water partition coefficient (Wildman–Crippen LogP) is 9.76. The zero-order valence-electron chi connectivity index (χ0n) is 29.2. The Morgan fingerprint density at radius 1 is 0.412 bits per heavy atom. The summed E-state index contributed by atoms with van der Waals surface area (Å²) in [7, 11) is -4.85. The van der Waals surface area contributed by atoms with Gasteiger partial charge in [0.15, 0.2) is 0 Å².